The Bertz CT molecular complexity index is 676. The van der Waals surface area contributed by atoms with Crippen LogP contribution in [0.25, 0.3) is 0 Å². The van der Waals surface area contributed by atoms with Gasteiger partial charge < -0.3 is 4.57 Å². The highest BCUT2D eigenvalue weighted by atomic mass is 19.4. The minimum Gasteiger partial charge on any atom is -0.313 e. The van der Waals surface area contributed by atoms with E-state index in [9.17, 15) is 31.1 Å². The van der Waals surface area contributed by atoms with Crippen LogP contribution in [0.2, 0.25) is 0 Å². The summed E-state index contributed by atoms with van der Waals surface area (Å²) in [6.45, 7) is -0.477. The van der Waals surface area contributed by atoms with Crippen molar-refractivity contribution in [3.8, 4) is 6.07 Å². The van der Waals surface area contributed by atoms with Crippen LogP contribution in [0.5, 0.6) is 0 Å². The largest absolute Gasteiger partial charge is 0.421 e. The molecule has 0 N–H and O–H groups in total. The fourth-order valence-electron chi connectivity index (χ4n) is 2.35. The highest BCUT2D eigenvalue weighted by molar-refractivity contribution is 5.24. The summed E-state index contributed by atoms with van der Waals surface area (Å²) in [6.07, 6.45) is -8.54. The van der Waals surface area contributed by atoms with Crippen LogP contribution in [-0.4, -0.2) is 4.57 Å². The Kier molecular flexibility index (Phi) is 3.75. The van der Waals surface area contributed by atoms with Gasteiger partial charge in [0, 0.05) is 12.7 Å². The van der Waals surface area contributed by atoms with Gasteiger partial charge in [-0.25, -0.2) is 0 Å². The van der Waals surface area contributed by atoms with Crippen molar-refractivity contribution in [2.75, 3.05) is 0 Å². The fraction of sp³-hybridized carbons (Fsp3) is 0.538. The SMILES string of the molecule is N#CC1(Cn2cc(C(F)(F)F)cc(C(F)(F)F)c2=O)CCC1. The zero-order valence-corrected chi connectivity index (χ0v) is 11.1. The van der Waals surface area contributed by atoms with Crippen LogP contribution in [0.15, 0.2) is 17.1 Å². The van der Waals surface area contributed by atoms with Crippen molar-refractivity contribution in [1.29, 1.82) is 5.26 Å². The van der Waals surface area contributed by atoms with E-state index in [1.54, 1.807) is 0 Å². The van der Waals surface area contributed by atoms with Crippen LogP contribution in [0.1, 0.15) is 30.4 Å². The molecule has 1 fully saturated rings. The third-order valence-electron chi connectivity index (χ3n) is 3.74. The molecule has 9 heteroatoms. The number of hydrogen-bond donors (Lipinski definition) is 0. The van der Waals surface area contributed by atoms with Gasteiger partial charge in [-0.15, -0.1) is 0 Å². The number of nitriles is 1. The summed E-state index contributed by atoms with van der Waals surface area (Å²) < 4.78 is 76.8. The van der Waals surface area contributed by atoms with E-state index < -0.39 is 41.0 Å². The summed E-state index contributed by atoms with van der Waals surface area (Å²) in [7, 11) is 0. The van der Waals surface area contributed by atoms with E-state index in [0.717, 1.165) is 0 Å². The number of halogens is 6. The first-order chi connectivity index (χ1) is 9.98. The molecule has 0 spiro atoms. The zero-order valence-electron chi connectivity index (χ0n) is 11.1. The van der Waals surface area contributed by atoms with Crippen molar-refractivity contribution in [2.24, 2.45) is 5.41 Å². The second kappa shape index (κ2) is 5.04. The first kappa shape index (κ1) is 16.4. The summed E-state index contributed by atoms with van der Waals surface area (Å²) in [5, 5.41) is 9.04. The molecular formula is C13H10F6N2O. The zero-order chi connectivity index (χ0) is 16.8. The van der Waals surface area contributed by atoms with Gasteiger partial charge in [0.25, 0.3) is 5.56 Å². The summed E-state index contributed by atoms with van der Waals surface area (Å²) in [5.74, 6) is 0. The number of hydrogen-bond acceptors (Lipinski definition) is 2. The molecule has 1 aromatic rings. The Hall–Kier alpha value is -1.98. The van der Waals surface area contributed by atoms with Gasteiger partial charge in [0.15, 0.2) is 0 Å². The molecule has 0 saturated heterocycles. The van der Waals surface area contributed by atoms with Crippen molar-refractivity contribution in [1.82, 2.24) is 4.57 Å². The monoisotopic (exact) mass is 324 g/mol. The van der Waals surface area contributed by atoms with Crippen molar-refractivity contribution in [3.05, 3.63) is 33.7 Å². The van der Waals surface area contributed by atoms with Crippen LogP contribution in [0, 0.1) is 16.7 Å². The molecule has 0 aliphatic heterocycles. The molecule has 2 rings (SSSR count). The molecule has 0 aromatic carbocycles. The molecule has 22 heavy (non-hydrogen) atoms. The minimum atomic E-state index is -5.19. The van der Waals surface area contributed by atoms with Crippen molar-refractivity contribution in [3.63, 3.8) is 0 Å². The van der Waals surface area contributed by atoms with Gasteiger partial charge in [-0.05, 0) is 18.9 Å². The van der Waals surface area contributed by atoms with E-state index in [2.05, 4.69) is 0 Å². The Morgan fingerprint density at radius 3 is 2.14 bits per heavy atom. The molecule has 1 aliphatic rings. The molecule has 0 bridgehead atoms. The number of alkyl halides is 6. The molecule has 1 heterocycles. The molecule has 0 atom stereocenters. The van der Waals surface area contributed by atoms with E-state index >= 15 is 0 Å². The second-order valence-electron chi connectivity index (χ2n) is 5.32. The summed E-state index contributed by atoms with van der Waals surface area (Å²) in [6, 6.07) is 1.69. The number of aromatic nitrogens is 1. The maximum atomic E-state index is 12.8. The van der Waals surface area contributed by atoms with E-state index in [-0.39, 0.29) is 6.07 Å². The molecule has 0 radical (unpaired) electrons. The topological polar surface area (TPSA) is 45.8 Å². The number of nitrogens with zero attached hydrogens (tertiary/aromatic N) is 2. The third kappa shape index (κ3) is 2.96. The van der Waals surface area contributed by atoms with E-state index in [1.807, 2.05) is 6.07 Å². The quantitative estimate of drug-likeness (QED) is 0.781. The van der Waals surface area contributed by atoms with Gasteiger partial charge in [-0.2, -0.15) is 31.6 Å². The van der Waals surface area contributed by atoms with Crippen LogP contribution in [0.4, 0.5) is 26.3 Å². The van der Waals surface area contributed by atoms with Crippen molar-refractivity contribution in [2.45, 2.75) is 38.2 Å². The number of pyridine rings is 1. The molecule has 1 aromatic heterocycles. The lowest BCUT2D eigenvalue weighted by atomic mass is 9.70. The maximum Gasteiger partial charge on any atom is 0.421 e. The fourth-order valence-corrected chi connectivity index (χ4v) is 2.35. The maximum absolute atomic E-state index is 12.8. The third-order valence-corrected chi connectivity index (χ3v) is 3.74. The minimum absolute atomic E-state index is 0.196. The van der Waals surface area contributed by atoms with Crippen LogP contribution in [-0.2, 0) is 18.9 Å². The Morgan fingerprint density at radius 2 is 1.77 bits per heavy atom. The normalized spacial score (nSPS) is 17.7. The Balaban J connectivity index is 2.58. The number of rotatable bonds is 2. The van der Waals surface area contributed by atoms with Gasteiger partial charge in [0.2, 0.25) is 0 Å². The van der Waals surface area contributed by atoms with Crippen LogP contribution >= 0.6 is 0 Å². The molecule has 0 unspecified atom stereocenters. The Morgan fingerprint density at radius 1 is 1.18 bits per heavy atom. The van der Waals surface area contributed by atoms with Crippen LogP contribution in [0.3, 0.4) is 0 Å². The average molecular weight is 324 g/mol. The predicted octanol–water partition coefficient (Wildman–Crippen LogP) is 3.58. The van der Waals surface area contributed by atoms with Gasteiger partial charge in [0.1, 0.15) is 5.56 Å². The standard InChI is InChI=1S/C13H10F6N2O/c14-12(15,16)8-4-9(13(17,18)19)10(22)21(5-8)7-11(6-20)2-1-3-11/h4-5H,1-3,7H2. The van der Waals surface area contributed by atoms with Gasteiger partial charge in [-0.1, -0.05) is 6.42 Å². The van der Waals surface area contributed by atoms with E-state index in [4.69, 9.17) is 5.26 Å². The van der Waals surface area contributed by atoms with E-state index in [1.165, 1.54) is 0 Å². The first-order valence-electron chi connectivity index (χ1n) is 6.29. The summed E-state index contributed by atoms with van der Waals surface area (Å²) in [5.41, 5.74) is -6.08. The van der Waals surface area contributed by atoms with Crippen LogP contribution < -0.4 is 5.56 Å². The Labute approximate surface area is 120 Å². The van der Waals surface area contributed by atoms with Gasteiger partial charge in [-0.3, -0.25) is 4.79 Å². The smallest absolute Gasteiger partial charge is 0.313 e. The summed E-state index contributed by atoms with van der Waals surface area (Å²) >= 11 is 0. The molecule has 0 amide bonds. The molecule has 120 valence electrons. The molecule has 3 nitrogen and oxygen atoms in total. The van der Waals surface area contributed by atoms with Gasteiger partial charge in [0.05, 0.1) is 17.0 Å². The highest BCUT2D eigenvalue weighted by Crippen LogP contribution is 2.42. The van der Waals surface area contributed by atoms with E-state index in [0.29, 0.717) is 30.0 Å². The lowest BCUT2D eigenvalue weighted by molar-refractivity contribution is -0.144. The lowest BCUT2D eigenvalue weighted by Gasteiger charge is -2.35. The first-order valence-corrected chi connectivity index (χ1v) is 6.29. The average Bonchev–Trinajstić information content (AvgIpc) is 2.32. The molecule has 1 saturated carbocycles. The molecule has 1 aliphatic carbocycles. The lowest BCUT2D eigenvalue weighted by Crippen LogP contribution is -2.39. The van der Waals surface area contributed by atoms with Gasteiger partial charge >= 0.3 is 12.4 Å². The van der Waals surface area contributed by atoms with Crippen molar-refractivity contribution >= 4 is 0 Å². The highest BCUT2D eigenvalue weighted by Gasteiger charge is 2.42. The molecular weight excluding hydrogens is 314 g/mol. The predicted molar refractivity (Wildman–Crippen MR) is 62.6 cm³/mol. The van der Waals surface area contributed by atoms with Crippen molar-refractivity contribution < 1.29 is 26.3 Å². The summed E-state index contributed by atoms with van der Waals surface area (Å²) in [4.78, 5) is 11.8. The second-order valence-corrected chi connectivity index (χ2v) is 5.32.